The van der Waals surface area contributed by atoms with Crippen molar-refractivity contribution in [2.45, 2.75) is 41.9 Å². The number of imide groups is 2. The molecule has 44 heavy (non-hydrogen) atoms. The number of benzene rings is 2. The zero-order chi connectivity index (χ0) is 32.2. The highest BCUT2D eigenvalue weighted by molar-refractivity contribution is 9.10. The van der Waals surface area contributed by atoms with Gasteiger partial charge in [-0.25, -0.2) is 26.9 Å². The number of nitrogens with zero attached hydrogens (tertiary/aromatic N) is 2. The van der Waals surface area contributed by atoms with Crippen LogP contribution in [0.2, 0.25) is 0 Å². The molecule has 6 rings (SSSR count). The second kappa shape index (κ2) is 10.2. The number of carbonyl (C=O) groups is 4. The van der Waals surface area contributed by atoms with Crippen molar-refractivity contribution < 1.29 is 46.2 Å². The molecule has 1 N–H and O–H groups in total. The molecule has 7 nitrogen and oxygen atoms in total. The monoisotopic (exact) mass is 720 g/mol. The van der Waals surface area contributed by atoms with Gasteiger partial charge in [0.15, 0.2) is 33.0 Å². The number of fused-ring (bicyclic) bond motifs is 4. The molecule has 0 aromatic heterocycles. The molecule has 2 saturated heterocycles. The van der Waals surface area contributed by atoms with Crippen molar-refractivity contribution in [2.24, 2.45) is 17.8 Å². The Kier molecular flexibility index (Phi) is 7.21. The van der Waals surface area contributed by atoms with E-state index in [-0.39, 0.29) is 29.0 Å². The first-order valence-electron chi connectivity index (χ1n) is 13.4. The Labute approximate surface area is 264 Å². The minimum absolute atomic E-state index is 0.0261. The van der Waals surface area contributed by atoms with E-state index in [1.807, 2.05) is 0 Å². The summed E-state index contributed by atoms with van der Waals surface area (Å²) in [6.07, 6.45) is 1.45. The van der Waals surface area contributed by atoms with E-state index in [1.54, 1.807) is 13.0 Å². The van der Waals surface area contributed by atoms with Gasteiger partial charge < -0.3 is 5.11 Å². The number of rotatable bonds is 4. The first-order valence-corrected chi connectivity index (χ1v) is 15.0. The number of phenols is 1. The number of aromatic hydroxyl groups is 1. The Morgan fingerprint density at radius 3 is 2.16 bits per heavy atom. The van der Waals surface area contributed by atoms with Crippen LogP contribution in [0, 0.1) is 46.8 Å². The molecule has 0 bridgehead atoms. The van der Waals surface area contributed by atoms with Gasteiger partial charge in [-0.3, -0.25) is 24.1 Å². The second-order valence-corrected chi connectivity index (χ2v) is 13.4. The Morgan fingerprint density at radius 2 is 1.55 bits per heavy atom. The molecule has 0 unspecified atom stereocenters. The maximum atomic E-state index is 15.0. The SMILES string of the molecule is CCCN1C(=O)[C@H]2[C@H](CC=C3[C@H]2C[C@@]2(Cl)C(=O)N(c4c(F)c(F)c(F)c(F)c4F)C(=O)[C@@]2(Cl)[C@H]3c2cc(Br)ccc2O)C1=O. The van der Waals surface area contributed by atoms with E-state index in [2.05, 4.69) is 15.9 Å². The van der Waals surface area contributed by atoms with Crippen LogP contribution >= 0.6 is 39.1 Å². The number of anilines is 1. The van der Waals surface area contributed by atoms with Gasteiger partial charge in [0.25, 0.3) is 11.8 Å². The number of hydrogen-bond acceptors (Lipinski definition) is 5. The molecule has 0 radical (unpaired) electrons. The molecular weight excluding hydrogens is 702 g/mol. The lowest BCUT2D eigenvalue weighted by atomic mass is 9.56. The zero-order valence-corrected chi connectivity index (χ0v) is 25.5. The quantitative estimate of drug-likeness (QED) is 0.107. The number of likely N-dealkylation sites (tertiary alicyclic amines) is 1. The standard InChI is InChI=1S/C29H20BrCl2F5N2O5/c1-2-7-38-24(41)12-5-4-11-14(16(12)25(38)42)9-28(31)26(43)39(23-21(36)19(34)18(33)20(35)22(23)37)27(44)29(28,32)17(11)13-8-10(30)3-6-15(13)40/h3-4,6,8,12,14,16-17,40H,2,5,7,9H2,1H3/t12-,14+,16-,17+,28+,29-/m0/s1. The Morgan fingerprint density at radius 1 is 0.932 bits per heavy atom. The lowest BCUT2D eigenvalue weighted by Gasteiger charge is -2.50. The fourth-order valence-corrected chi connectivity index (χ4v) is 8.48. The van der Waals surface area contributed by atoms with E-state index in [9.17, 15) is 37.5 Å². The molecule has 1 saturated carbocycles. The van der Waals surface area contributed by atoms with Gasteiger partial charge in [-0.1, -0.05) is 34.5 Å². The summed E-state index contributed by atoms with van der Waals surface area (Å²) in [5.74, 6) is -21.4. The van der Waals surface area contributed by atoms with Gasteiger partial charge in [0, 0.05) is 22.5 Å². The average molecular weight is 722 g/mol. The molecular formula is C29H20BrCl2F5N2O5. The highest BCUT2D eigenvalue weighted by Crippen LogP contribution is 2.66. The van der Waals surface area contributed by atoms with Crippen LogP contribution in [-0.2, 0) is 19.2 Å². The second-order valence-electron chi connectivity index (χ2n) is 11.2. The third kappa shape index (κ3) is 3.78. The molecule has 0 spiro atoms. The third-order valence-corrected chi connectivity index (χ3v) is 11.0. The van der Waals surface area contributed by atoms with Gasteiger partial charge in [-0.05, 0) is 43.4 Å². The lowest BCUT2D eigenvalue weighted by Crippen LogP contribution is -2.60. The number of amides is 4. The van der Waals surface area contributed by atoms with Crippen LogP contribution in [0.4, 0.5) is 27.6 Å². The van der Waals surface area contributed by atoms with Crippen molar-refractivity contribution in [3.05, 3.63) is 69.0 Å². The number of carbonyl (C=O) groups excluding carboxylic acids is 4. The summed E-state index contributed by atoms with van der Waals surface area (Å²) in [6, 6.07) is 4.05. The zero-order valence-electron chi connectivity index (χ0n) is 22.4. The number of allylic oxidation sites excluding steroid dienone is 2. The summed E-state index contributed by atoms with van der Waals surface area (Å²) < 4.78 is 72.9. The fraction of sp³-hybridized carbons (Fsp3) is 0.379. The van der Waals surface area contributed by atoms with Gasteiger partial charge in [-0.2, -0.15) is 0 Å². The smallest absolute Gasteiger partial charge is 0.258 e. The van der Waals surface area contributed by atoms with Gasteiger partial charge in [0.2, 0.25) is 17.6 Å². The van der Waals surface area contributed by atoms with E-state index in [0.717, 1.165) is 4.90 Å². The van der Waals surface area contributed by atoms with Gasteiger partial charge in [-0.15, -0.1) is 23.2 Å². The maximum absolute atomic E-state index is 15.0. The van der Waals surface area contributed by atoms with E-state index >= 15 is 8.78 Å². The molecule has 4 aliphatic rings. The van der Waals surface area contributed by atoms with Crippen LogP contribution in [0.3, 0.4) is 0 Å². The summed E-state index contributed by atoms with van der Waals surface area (Å²) in [5, 5.41) is 11.0. The van der Waals surface area contributed by atoms with Crippen molar-refractivity contribution in [1.29, 1.82) is 0 Å². The topological polar surface area (TPSA) is 95.0 Å². The maximum Gasteiger partial charge on any atom is 0.258 e. The van der Waals surface area contributed by atoms with Crippen molar-refractivity contribution in [1.82, 2.24) is 4.90 Å². The molecule has 6 atom stereocenters. The molecule has 232 valence electrons. The Hall–Kier alpha value is -3.03. The summed E-state index contributed by atoms with van der Waals surface area (Å²) in [4.78, 5) is 50.6. The molecule has 2 aliphatic heterocycles. The minimum atomic E-state index is -2.70. The molecule has 4 amide bonds. The van der Waals surface area contributed by atoms with Crippen LogP contribution in [-0.4, -0.2) is 49.9 Å². The van der Waals surface area contributed by atoms with E-state index in [1.165, 1.54) is 18.2 Å². The van der Waals surface area contributed by atoms with Crippen LogP contribution in [0.25, 0.3) is 0 Å². The van der Waals surface area contributed by atoms with Crippen molar-refractivity contribution in [2.75, 3.05) is 11.4 Å². The molecule has 15 heteroatoms. The predicted molar refractivity (Wildman–Crippen MR) is 149 cm³/mol. The summed E-state index contributed by atoms with van der Waals surface area (Å²) in [7, 11) is 0. The van der Waals surface area contributed by atoms with Crippen LogP contribution in [0.15, 0.2) is 34.3 Å². The first-order chi connectivity index (χ1) is 20.6. The van der Waals surface area contributed by atoms with Crippen LogP contribution in [0.1, 0.15) is 37.7 Å². The lowest BCUT2D eigenvalue weighted by molar-refractivity contribution is -0.140. The minimum Gasteiger partial charge on any atom is -0.508 e. The normalized spacial score (nSPS) is 31.3. The largest absolute Gasteiger partial charge is 0.508 e. The van der Waals surface area contributed by atoms with Gasteiger partial charge in [0.1, 0.15) is 11.4 Å². The fourth-order valence-electron chi connectivity index (χ4n) is 7.18. The molecule has 3 fully saturated rings. The summed E-state index contributed by atoms with van der Waals surface area (Å²) >= 11 is 17.3. The van der Waals surface area contributed by atoms with Crippen molar-refractivity contribution in [3.8, 4) is 5.75 Å². The highest BCUT2D eigenvalue weighted by Gasteiger charge is 2.77. The Bertz CT molecular complexity index is 1710. The number of halogens is 8. The van der Waals surface area contributed by atoms with E-state index < -0.39 is 104 Å². The molecule has 2 aromatic rings. The van der Waals surface area contributed by atoms with Crippen molar-refractivity contribution in [3.63, 3.8) is 0 Å². The van der Waals surface area contributed by atoms with E-state index in [4.69, 9.17) is 23.2 Å². The highest BCUT2D eigenvalue weighted by atomic mass is 79.9. The molecule has 2 aliphatic carbocycles. The van der Waals surface area contributed by atoms with Gasteiger partial charge in [0.05, 0.1) is 11.8 Å². The molecule has 2 heterocycles. The molecule has 2 aromatic carbocycles. The van der Waals surface area contributed by atoms with Crippen LogP contribution in [0.5, 0.6) is 5.75 Å². The van der Waals surface area contributed by atoms with E-state index in [0.29, 0.717) is 10.9 Å². The summed E-state index contributed by atoms with van der Waals surface area (Å²) in [6.45, 7) is 1.89. The average Bonchev–Trinajstić information content (AvgIpc) is 3.31. The predicted octanol–water partition coefficient (Wildman–Crippen LogP) is 5.82. The number of alkyl halides is 2. The summed E-state index contributed by atoms with van der Waals surface area (Å²) in [5.41, 5.74) is -1.68. The van der Waals surface area contributed by atoms with Crippen molar-refractivity contribution >= 4 is 68.4 Å². The van der Waals surface area contributed by atoms with Gasteiger partial charge >= 0.3 is 0 Å². The first kappa shape index (κ1) is 31.0. The Balaban J connectivity index is 1.61. The van der Waals surface area contributed by atoms with Crippen LogP contribution < -0.4 is 4.90 Å². The number of phenolic OH excluding ortho intramolecular Hbond substituents is 1. The third-order valence-electron chi connectivity index (χ3n) is 9.06. The number of hydrogen-bond donors (Lipinski definition) is 1.